The predicted molar refractivity (Wildman–Crippen MR) is 105 cm³/mol. The Kier molecular flexibility index (Phi) is 6.74. The number of nitrogens with one attached hydrogen (secondary N) is 1. The van der Waals surface area contributed by atoms with Gasteiger partial charge in [-0.05, 0) is 31.2 Å². The van der Waals surface area contributed by atoms with Crippen molar-refractivity contribution in [2.24, 2.45) is 0 Å². The molecule has 0 aliphatic carbocycles. The van der Waals surface area contributed by atoms with E-state index in [1.165, 1.54) is 11.8 Å². The van der Waals surface area contributed by atoms with Crippen LogP contribution < -0.4 is 5.32 Å². The van der Waals surface area contributed by atoms with Gasteiger partial charge in [0.05, 0.1) is 12.4 Å². The number of amides is 1. The van der Waals surface area contributed by atoms with Crippen molar-refractivity contribution >= 4 is 23.6 Å². The number of aromatic nitrogens is 4. The maximum Gasteiger partial charge on any atom is 0.325 e. The molecule has 28 heavy (non-hydrogen) atoms. The second kappa shape index (κ2) is 9.65. The normalized spacial score (nSPS) is 10.5. The monoisotopic (exact) mass is 397 g/mol. The van der Waals surface area contributed by atoms with Crippen molar-refractivity contribution < 1.29 is 14.3 Å². The fourth-order valence-electron chi connectivity index (χ4n) is 2.43. The third-order valence-electron chi connectivity index (χ3n) is 3.65. The van der Waals surface area contributed by atoms with Crippen LogP contribution in [0.15, 0.2) is 60.0 Å². The first kappa shape index (κ1) is 19.6. The lowest BCUT2D eigenvalue weighted by atomic mass is 10.2. The van der Waals surface area contributed by atoms with E-state index in [0.717, 1.165) is 11.3 Å². The number of hydrogen-bond acceptors (Lipinski definition) is 7. The van der Waals surface area contributed by atoms with Gasteiger partial charge in [-0.25, -0.2) is 0 Å². The second-order valence-electron chi connectivity index (χ2n) is 5.58. The van der Waals surface area contributed by atoms with Crippen LogP contribution >= 0.6 is 11.8 Å². The third-order valence-corrected chi connectivity index (χ3v) is 4.58. The zero-order valence-corrected chi connectivity index (χ0v) is 16.1. The number of ether oxygens (including phenoxy) is 1. The van der Waals surface area contributed by atoms with Crippen molar-refractivity contribution in [1.29, 1.82) is 0 Å². The minimum Gasteiger partial charge on any atom is -0.465 e. The van der Waals surface area contributed by atoms with Crippen LogP contribution in [-0.4, -0.2) is 50.5 Å². The number of pyridine rings is 1. The summed E-state index contributed by atoms with van der Waals surface area (Å²) in [5, 5.41) is 11.7. The molecule has 1 aromatic carbocycles. The zero-order valence-electron chi connectivity index (χ0n) is 15.2. The molecule has 3 aromatic rings. The highest BCUT2D eigenvalue weighted by Gasteiger charge is 2.17. The van der Waals surface area contributed by atoms with E-state index in [9.17, 15) is 9.59 Å². The summed E-state index contributed by atoms with van der Waals surface area (Å²) in [6.07, 6.45) is 3.38. The number of rotatable bonds is 8. The van der Waals surface area contributed by atoms with Gasteiger partial charge in [-0.2, -0.15) is 0 Å². The van der Waals surface area contributed by atoms with E-state index < -0.39 is 5.97 Å². The number of thioether (sulfide) groups is 1. The lowest BCUT2D eigenvalue weighted by Crippen LogP contribution is -2.31. The average Bonchev–Trinajstić information content (AvgIpc) is 3.16. The van der Waals surface area contributed by atoms with E-state index in [4.69, 9.17) is 4.74 Å². The number of nitrogens with zero attached hydrogens (tertiary/aromatic N) is 4. The molecule has 9 heteroatoms. The summed E-state index contributed by atoms with van der Waals surface area (Å²) in [5.41, 5.74) is 1.75. The molecule has 8 nitrogen and oxygen atoms in total. The highest BCUT2D eigenvalue weighted by molar-refractivity contribution is 7.99. The molecule has 0 unspecified atom stereocenters. The van der Waals surface area contributed by atoms with Gasteiger partial charge in [0.1, 0.15) is 6.54 Å². The summed E-state index contributed by atoms with van der Waals surface area (Å²) in [5.74, 6) is 0.00296. The van der Waals surface area contributed by atoms with Crippen LogP contribution in [0.4, 0.5) is 0 Å². The molecule has 1 N–H and O–H groups in total. The van der Waals surface area contributed by atoms with Crippen LogP contribution in [0.25, 0.3) is 17.1 Å². The Hall–Kier alpha value is -3.20. The molecule has 2 heterocycles. The van der Waals surface area contributed by atoms with E-state index >= 15 is 0 Å². The van der Waals surface area contributed by atoms with Gasteiger partial charge in [0.15, 0.2) is 11.0 Å². The summed E-state index contributed by atoms with van der Waals surface area (Å²) in [7, 11) is 0. The van der Waals surface area contributed by atoms with E-state index in [0.29, 0.717) is 11.0 Å². The Balaban J connectivity index is 1.77. The number of carbonyl (C=O) groups is 2. The van der Waals surface area contributed by atoms with E-state index in [-0.39, 0.29) is 24.8 Å². The number of para-hydroxylation sites is 1. The number of esters is 1. The van der Waals surface area contributed by atoms with Gasteiger partial charge in [0.25, 0.3) is 0 Å². The molecule has 0 spiro atoms. The van der Waals surface area contributed by atoms with E-state index in [1.807, 2.05) is 47.0 Å². The molecule has 0 saturated heterocycles. The molecule has 1 amide bonds. The molecule has 144 valence electrons. The number of benzene rings is 1. The van der Waals surface area contributed by atoms with Gasteiger partial charge in [-0.15, -0.1) is 10.2 Å². The predicted octanol–water partition coefficient (Wildman–Crippen LogP) is 2.10. The fourth-order valence-corrected chi connectivity index (χ4v) is 3.21. The maximum absolute atomic E-state index is 12.0. The Morgan fingerprint density at radius 1 is 1.11 bits per heavy atom. The summed E-state index contributed by atoms with van der Waals surface area (Å²) in [6.45, 7) is 1.84. The molecule has 0 fully saturated rings. The first-order chi connectivity index (χ1) is 13.7. The third kappa shape index (κ3) is 4.95. The van der Waals surface area contributed by atoms with Crippen molar-refractivity contribution in [3.05, 3.63) is 54.9 Å². The van der Waals surface area contributed by atoms with Crippen LogP contribution in [0, 0.1) is 0 Å². The molecule has 0 atom stereocenters. The fraction of sp³-hybridized carbons (Fsp3) is 0.211. The van der Waals surface area contributed by atoms with Gasteiger partial charge in [-0.3, -0.25) is 19.1 Å². The Bertz CT molecular complexity index is 931. The van der Waals surface area contributed by atoms with E-state index in [1.54, 1.807) is 19.3 Å². The Morgan fingerprint density at radius 3 is 2.57 bits per heavy atom. The van der Waals surface area contributed by atoms with E-state index in [2.05, 4.69) is 20.5 Å². The van der Waals surface area contributed by atoms with Crippen molar-refractivity contribution in [2.45, 2.75) is 12.1 Å². The Labute approximate surface area is 166 Å². The molecule has 0 bridgehead atoms. The zero-order chi connectivity index (χ0) is 19.8. The first-order valence-electron chi connectivity index (χ1n) is 8.65. The first-order valence-corrected chi connectivity index (χ1v) is 9.64. The topological polar surface area (TPSA) is 99.0 Å². The molecule has 0 aliphatic heterocycles. The van der Waals surface area contributed by atoms with Gasteiger partial charge >= 0.3 is 5.97 Å². The lowest BCUT2D eigenvalue weighted by molar-refractivity contribution is -0.143. The molecule has 3 rings (SSSR count). The SMILES string of the molecule is CCOC(=O)CNC(=O)CSc1nnc(-c2ccncc2)n1-c1ccccc1. The van der Waals surface area contributed by atoms with Crippen LogP contribution in [-0.2, 0) is 14.3 Å². The Morgan fingerprint density at radius 2 is 1.86 bits per heavy atom. The highest BCUT2D eigenvalue weighted by atomic mass is 32.2. The second-order valence-corrected chi connectivity index (χ2v) is 6.53. The largest absolute Gasteiger partial charge is 0.465 e. The lowest BCUT2D eigenvalue weighted by Gasteiger charge is -2.10. The van der Waals surface area contributed by atoms with Crippen LogP contribution in [0.5, 0.6) is 0 Å². The minimum atomic E-state index is -0.465. The number of hydrogen-bond donors (Lipinski definition) is 1. The molecular weight excluding hydrogens is 378 g/mol. The van der Waals surface area contributed by atoms with Crippen LogP contribution in [0.3, 0.4) is 0 Å². The van der Waals surface area contributed by atoms with Crippen LogP contribution in [0.1, 0.15) is 6.92 Å². The average molecular weight is 397 g/mol. The van der Waals surface area contributed by atoms with Gasteiger partial charge in [0.2, 0.25) is 5.91 Å². The van der Waals surface area contributed by atoms with Crippen molar-refractivity contribution in [1.82, 2.24) is 25.1 Å². The molecule has 2 aromatic heterocycles. The molecular formula is C19H19N5O3S. The highest BCUT2D eigenvalue weighted by Crippen LogP contribution is 2.27. The quantitative estimate of drug-likeness (QED) is 0.459. The minimum absolute atomic E-state index is 0.0979. The summed E-state index contributed by atoms with van der Waals surface area (Å²) >= 11 is 1.24. The molecule has 0 saturated carbocycles. The van der Waals surface area contributed by atoms with Crippen molar-refractivity contribution in [3.63, 3.8) is 0 Å². The summed E-state index contributed by atoms with van der Waals surface area (Å²) in [6, 6.07) is 13.4. The summed E-state index contributed by atoms with van der Waals surface area (Å²) < 4.78 is 6.68. The van der Waals surface area contributed by atoms with Gasteiger partial charge in [0, 0.05) is 23.6 Å². The maximum atomic E-state index is 12.0. The summed E-state index contributed by atoms with van der Waals surface area (Å²) in [4.78, 5) is 27.4. The molecule has 0 aliphatic rings. The number of carbonyl (C=O) groups excluding carboxylic acids is 2. The van der Waals surface area contributed by atoms with Crippen molar-refractivity contribution in [3.8, 4) is 17.1 Å². The van der Waals surface area contributed by atoms with Crippen LogP contribution in [0.2, 0.25) is 0 Å². The molecule has 0 radical (unpaired) electrons. The standard InChI is InChI=1S/C19H19N5O3S/c1-2-27-17(26)12-21-16(25)13-28-19-23-22-18(14-8-10-20-11-9-14)24(19)15-6-4-3-5-7-15/h3-11H,2,12-13H2,1H3,(H,21,25). The van der Waals surface area contributed by atoms with Gasteiger partial charge in [-0.1, -0.05) is 30.0 Å². The van der Waals surface area contributed by atoms with Gasteiger partial charge < -0.3 is 10.1 Å². The van der Waals surface area contributed by atoms with Crippen molar-refractivity contribution in [2.75, 3.05) is 18.9 Å². The smallest absolute Gasteiger partial charge is 0.325 e.